The van der Waals surface area contributed by atoms with E-state index in [1.54, 1.807) is 11.9 Å². The van der Waals surface area contributed by atoms with Crippen LogP contribution in [0, 0.1) is 0 Å². The molecule has 1 N–H and O–H groups in total. The average Bonchev–Trinajstić information content (AvgIpc) is 2.17. The van der Waals surface area contributed by atoms with Gasteiger partial charge in [0.05, 0.1) is 5.69 Å². The lowest BCUT2D eigenvalue weighted by molar-refractivity contribution is 0.840. The first-order valence-electron chi connectivity index (χ1n) is 5.49. The zero-order chi connectivity index (χ0) is 11.4. The fraction of sp³-hybridized carbons (Fsp3) is 0.538. The van der Waals surface area contributed by atoms with Crippen LogP contribution in [0.15, 0.2) is 18.2 Å². The quantitative estimate of drug-likeness (QED) is 0.747. The Kier molecular flexibility index (Phi) is 4.52. The number of nitrogens with one attached hydrogen (secondary N) is 1. The van der Waals surface area contributed by atoms with Gasteiger partial charge in [-0.05, 0) is 23.0 Å². The van der Waals surface area contributed by atoms with Gasteiger partial charge in [-0.25, -0.2) is 0 Å². The zero-order valence-corrected chi connectivity index (χ0v) is 11.1. The highest BCUT2D eigenvalue weighted by Crippen LogP contribution is 2.33. The smallest absolute Gasteiger partial charge is 0.0509 e. The van der Waals surface area contributed by atoms with Gasteiger partial charge in [-0.2, -0.15) is 0 Å². The summed E-state index contributed by atoms with van der Waals surface area (Å²) in [4.78, 5) is 0. The minimum Gasteiger partial charge on any atom is -0.329 e. The molecular weight excluding hydrogens is 202 g/mol. The molecule has 0 amide bonds. The molecule has 0 aliphatic carbocycles. The largest absolute Gasteiger partial charge is 0.329 e. The first-order chi connectivity index (χ1) is 7.07. The van der Waals surface area contributed by atoms with Gasteiger partial charge in [0.1, 0.15) is 0 Å². The van der Waals surface area contributed by atoms with Gasteiger partial charge in [0.2, 0.25) is 0 Å². The van der Waals surface area contributed by atoms with E-state index in [4.69, 9.17) is 0 Å². The molecule has 1 aromatic carbocycles. The highest BCUT2D eigenvalue weighted by molar-refractivity contribution is 7.99. The lowest BCUT2D eigenvalue weighted by Crippen LogP contribution is -2.01. The van der Waals surface area contributed by atoms with E-state index in [-0.39, 0.29) is 0 Å². The molecule has 84 valence electrons. The number of hydrogen-bond donors (Lipinski definition) is 1. The fourth-order valence-corrected chi connectivity index (χ4v) is 2.21. The number of anilines is 1. The second kappa shape index (κ2) is 5.45. The highest BCUT2D eigenvalue weighted by atomic mass is 32.2. The van der Waals surface area contributed by atoms with Gasteiger partial charge in [0.15, 0.2) is 0 Å². The van der Waals surface area contributed by atoms with Crippen molar-refractivity contribution in [3.05, 3.63) is 29.3 Å². The van der Waals surface area contributed by atoms with Gasteiger partial charge >= 0.3 is 0 Å². The number of para-hydroxylation sites is 1. The van der Waals surface area contributed by atoms with E-state index in [0.29, 0.717) is 11.8 Å². The Morgan fingerprint density at radius 3 is 1.80 bits per heavy atom. The van der Waals surface area contributed by atoms with E-state index >= 15 is 0 Å². The van der Waals surface area contributed by atoms with Crippen LogP contribution < -0.4 is 4.72 Å². The van der Waals surface area contributed by atoms with Crippen molar-refractivity contribution in [3.8, 4) is 0 Å². The van der Waals surface area contributed by atoms with E-state index in [0.717, 1.165) is 0 Å². The lowest BCUT2D eigenvalue weighted by Gasteiger charge is -2.19. The topological polar surface area (TPSA) is 12.0 Å². The first kappa shape index (κ1) is 12.4. The van der Waals surface area contributed by atoms with Crippen LogP contribution in [0.1, 0.15) is 50.7 Å². The van der Waals surface area contributed by atoms with Crippen LogP contribution in [0.4, 0.5) is 5.69 Å². The molecule has 0 radical (unpaired) electrons. The van der Waals surface area contributed by atoms with Crippen LogP contribution in [-0.4, -0.2) is 6.26 Å². The molecule has 1 rings (SSSR count). The highest BCUT2D eigenvalue weighted by Gasteiger charge is 2.12. The van der Waals surface area contributed by atoms with Crippen molar-refractivity contribution in [2.75, 3.05) is 11.0 Å². The van der Waals surface area contributed by atoms with Crippen molar-refractivity contribution in [2.24, 2.45) is 0 Å². The van der Waals surface area contributed by atoms with Gasteiger partial charge in [-0.3, -0.25) is 0 Å². The Morgan fingerprint density at radius 1 is 1.00 bits per heavy atom. The van der Waals surface area contributed by atoms with Crippen molar-refractivity contribution in [1.29, 1.82) is 0 Å². The third kappa shape index (κ3) is 2.91. The molecule has 0 aromatic heterocycles. The Bertz CT molecular complexity index is 292. The Hall–Kier alpha value is -0.630. The predicted molar refractivity (Wildman–Crippen MR) is 71.8 cm³/mol. The van der Waals surface area contributed by atoms with Gasteiger partial charge in [0.25, 0.3) is 0 Å². The van der Waals surface area contributed by atoms with Gasteiger partial charge in [-0.15, -0.1) is 0 Å². The summed E-state index contributed by atoms with van der Waals surface area (Å²) in [6.07, 6.45) is 2.07. The van der Waals surface area contributed by atoms with Crippen LogP contribution in [0.2, 0.25) is 0 Å². The molecule has 0 spiro atoms. The molecule has 0 atom stereocenters. The minimum absolute atomic E-state index is 0.568. The summed E-state index contributed by atoms with van der Waals surface area (Å²) in [5.41, 5.74) is 4.14. The Labute approximate surface area is 97.8 Å². The van der Waals surface area contributed by atoms with E-state index in [1.165, 1.54) is 16.8 Å². The molecule has 0 fully saturated rings. The molecular formula is C13H21NS. The third-order valence-electron chi connectivity index (χ3n) is 2.58. The average molecular weight is 223 g/mol. The summed E-state index contributed by atoms with van der Waals surface area (Å²) < 4.78 is 3.42. The molecule has 0 heterocycles. The predicted octanol–water partition coefficient (Wildman–Crippen LogP) is 4.62. The third-order valence-corrected chi connectivity index (χ3v) is 2.99. The Morgan fingerprint density at radius 2 is 1.47 bits per heavy atom. The summed E-state index contributed by atoms with van der Waals surface area (Å²) in [7, 11) is 0. The van der Waals surface area contributed by atoms with Crippen LogP contribution in [-0.2, 0) is 0 Å². The maximum absolute atomic E-state index is 3.42. The molecule has 0 bridgehead atoms. The minimum atomic E-state index is 0.568. The summed E-state index contributed by atoms with van der Waals surface area (Å²) in [6, 6.07) is 6.60. The van der Waals surface area contributed by atoms with Gasteiger partial charge in [-0.1, -0.05) is 57.8 Å². The van der Waals surface area contributed by atoms with Crippen LogP contribution in [0.5, 0.6) is 0 Å². The van der Waals surface area contributed by atoms with Crippen molar-refractivity contribution in [2.45, 2.75) is 39.5 Å². The Balaban J connectivity index is 3.21. The van der Waals surface area contributed by atoms with Crippen molar-refractivity contribution in [3.63, 3.8) is 0 Å². The van der Waals surface area contributed by atoms with Gasteiger partial charge in [0, 0.05) is 6.26 Å². The molecule has 0 unspecified atom stereocenters. The molecule has 0 aliphatic heterocycles. The van der Waals surface area contributed by atoms with Gasteiger partial charge < -0.3 is 4.72 Å². The summed E-state index contributed by atoms with van der Waals surface area (Å²) >= 11 is 1.67. The fourth-order valence-electron chi connectivity index (χ4n) is 1.77. The van der Waals surface area contributed by atoms with Crippen molar-refractivity contribution in [1.82, 2.24) is 0 Å². The first-order valence-corrected chi connectivity index (χ1v) is 6.72. The van der Waals surface area contributed by atoms with Crippen molar-refractivity contribution >= 4 is 17.6 Å². The number of benzene rings is 1. The number of hydrogen-bond acceptors (Lipinski definition) is 2. The van der Waals surface area contributed by atoms with Crippen LogP contribution in [0.3, 0.4) is 0 Å². The zero-order valence-electron chi connectivity index (χ0n) is 10.3. The SMILES string of the molecule is CSNc1c(C(C)C)cccc1C(C)C. The maximum Gasteiger partial charge on any atom is 0.0509 e. The molecule has 0 aliphatic rings. The maximum atomic E-state index is 3.42. The second-order valence-corrected chi connectivity index (χ2v) is 5.04. The molecule has 0 saturated heterocycles. The monoisotopic (exact) mass is 223 g/mol. The molecule has 2 heteroatoms. The van der Waals surface area contributed by atoms with E-state index in [1.807, 2.05) is 0 Å². The number of rotatable bonds is 4. The van der Waals surface area contributed by atoms with E-state index < -0.39 is 0 Å². The summed E-state index contributed by atoms with van der Waals surface area (Å²) in [5.74, 6) is 1.14. The summed E-state index contributed by atoms with van der Waals surface area (Å²) in [5, 5.41) is 0. The molecule has 15 heavy (non-hydrogen) atoms. The van der Waals surface area contributed by atoms with Crippen LogP contribution >= 0.6 is 11.9 Å². The van der Waals surface area contributed by atoms with E-state index in [2.05, 4.69) is 56.9 Å². The summed E-state index contributed by atoms with van der Waals surface area (Å²) in [6.45, 7) is 8.96. The lowest BCUT2D eigenvalue weighted by atomic mass is 9.93. The molecule has 0 saturated carbocycles. The standard InChI is InChI=1S/C13H21NS/c1-9(2)11-7-6-8-12(10(3)4)13(11)14-15-5/h6-10,14H,1-5H3. The van der Waals surface area contributed by atoms with Crippen molar-refractivity contribution < 1.29 is 0 Å². The van der Waals surface area contributed by atoms with E-state index in [9.17, 15) is 0 Å². The van der Waals surface area contributed by atoms with Crippen LogP contribution in [0.25, 0.3) is 0 Å². The molecule has 1 nitrogen and oxygen atoms in total. The second-order valence-electron chi connectivity index (χ2n) is 4.43. The molecule has 1 aromatic rings. The normalized spacial score (nSPS) is 11.1.